The summed E-state index contributed by atoms with van der Waals surface area (Å²) < 4.78 is 13.7. The molecule has 1 fully saturated rings. The van der Waals surface area contributed by atoms with Gasteiger partial charge in [-0.05, 0) is 44.0 Å². The number of halogens is 1. The molecule has 0 atom stereocenters. The Balaban J connectivity index is 1.97. The van der Waals surface area contributed by atoms with Gasteiger partial charge < -0.3 is 15.7 Å². The Morgan fingerprint density at radius 2 is 2.21 bits per heavy atom. The molecule has 0 heterocycles. The van der Waals surface area contributed by atoms with Crippen LogP contribution in [0.2, 0.25) is 0 Å². The lowest BCUT2D eigenvalue weighted by Crippen LogP contribution is -2.36. The Morgan fingerprint density at radius 3 is 2.79 bits per heavy atom. The van der Waals surface area contributed by atoms with Gasteiger partial charge in [0.15, 0.2) is 0 Å². The first-order valence-electron chi connectivity index (χ1n) is 6.40. The minimum Gasteiger partial charge on any atom is -0.393 e. The number of aliphatic hydroxyl groups excluding tert-OH is 1. The third-order valence-corrected chi connectivity index (χ3v) is 3.55. The molecular weight excluding hydrogens is 247 g/mol. The lowest BCUT2D eigenvalue weighted by Gasteiger charge is -2.34. The molecule has 0 unspecified atom stereocenters. The van der Waals surface area contributed by atoms with Crippen molar-refractivity contribution in [2.75, 3.05) is 13.6 Å². The molecule has 104 valence electrons. The molecule has 1 aliphatic carbocycles. The van der Waals surface area contributed by atoms with Gasteiger partial charge in [-0.2, -0.15) is 0 Å². The highest BCUT2D eigenvalue weighted by Crippen LogP contribution is 2.28. The molecule has 1 aliphatic rings. The van der Waals surface area contributed by atoms with Crippen molar-refractivity contribution in [3.63, 3.8) is 0 Å². The molecule has 0 aromatic heterocycles. The van der Waals surface area contributed by atoms with Gasteiger partial charge >= 0.3 is 0 Å². The predicted molar refractivity (Wildman–Crippen MR) is 70.0 cm³/mol. The topological polar surface area (TPSA) is 66.6 Å². The van der Waals surface area contributed by atoms with Crippen molar-refractivity contribution in [1.82, 2.24) is 4.90 Å². The fourth-order valence-electron chi connectivity index (χ4n) is 2.49. The van der Waals surface area contributed by atoms with Crippen molar-refractivity contribution in [3.05, 3.63) is 35.1 Å². The number of primary amides is 1. The maximum Gasteiger partial charge on any atom is 0.248 e. The van der Waals surface area contributed by atoms with E-state index in [1.165, 1.54) is 18.2 Å². The Bertz CT molecular complexity index is 473. The molecule has 19 heavy (non-hydrogen) atoms. The molecule has 1 saturated carbocycles. The van der Waals surface area contributed by atoms with E-state index in [9.17, 15) is 14.3 Å². The number of amides is 1. The maximum absolute atomic E-state index is 13.7. The van der Waals surface area contributed by atoms with E-state index < -0.39 is 5.91 Å². The minimum atomic E-state index is -0.550. The zero-order valence-electron chi connectivity index (χ0n) is 11.0. The normalized spacial score (nSPS) is 22.3. The summed E-state index contributed by atoms with van der Waals surface area (Å²) in [5, 5.41) is 9.23. The summed E-state index contributed by atoms with van der Waals surface area (Å²) in [6.07, 6.45) is 1.45. The summed E-state index contributed by atoms with van der Waals surface area (Å²) in [4.78, 5) is 13.1. The van der Waals surface area contributed by atoms with Gasteiger partial charge in [-0.25, -0.2) is 4.39 Å². The second-order valence-corrected chi connectivity index (χ2v) is 5.36. The highest BCUT2D eigenvalue weighted by Gasteiger charge is 2.27. The third-order valence-electron chi connectivity index (χ3n) is 3.55. The van der Waals surface area contributed by atoms with E-state index in [1.54, 1.807) is 0 Å². The number of benzene rings is 1. The first kappa shape index (κ1) is 14.0. The second-order valence-electron chi connectivity index (χ2n) is 5.36. The molecule has 2 rings (SSSR count). The van der Waals surface area contributed by atoms with Gasteiger partial charge in [0, 0.05) is 24.2 Å². The number of hydrogen-bond acceptors (Lipinski definition) is 3. The Hall–Kier alpha value is -1.46. The molecule has 1 aromatic carbocycles. The van der Waals surface area contributed by atoms with Crippen LogP contribution in [0.4, 0.5) is 4.39 Å². The predicted octanol–water partition coefficient (Wildman–Crippen LogP) is 1.13. The average Bonchev–Trinajstić information content (AvgIpc) is 2.29. The molecule has 0 aliphatic heterocycles. The van der Waals surface area contributed by atoms with Gasteiger partial charge in [0.05, 0.1) is 6.10 Å². The molecule has 0 radical (unpaired) electrons. The van der Waals surface area contributed by atoms with Gasteiger partial charge in [0.2, 0.25) is 5.91 Å². The van der Waals surface area contributed by atoms with Crippen LogP contribution in [0.15, 0.2) is 18.2 Å². The molecular formula is C14H19FN2O2. The summed E-state index contributed by atoms with van der Waals surface area (Å²) in [5.41, 5.74) is 5.98. The van der Waals surface area contributed by atoms with Crippen LogP contribution < -0.4 is 5.73 Å². The van der Waals surface area contributed by atoms with Crippen LogP contribution in [0.3, 0.4) is 0 Å². The van der Waals surface area contributed by atoms with Gasteiger partial charge in [-0.15, -0.1) is 0 Å². The fraction of sp³-hybridized carbons (Fsp3) is 0.500. The molecule has 1 aromatic rings. The molecule has 1 amide bonds. The van der Waals surface area contributed by atoms with Crippen LogP contribution in [0, 0.1) is 11.7 Å². The van der Waals surface area contributed by atoms with Crippen molar-refractivity contribution in [2.45, 2.75) is 25.5 Å². The first-order valence-corrected chi connectivity index (χ1v) is 6.40. The van der Waals surface area contributed by atoms with E-state index >= 15 is 0 Å². The van der Waals surface area contributed by atoms with Crippen molar-refractivity contribution in [1.29, 1.82) is 0 Å². The monoisotopic (exact) mass is 266 g/mol. The zero-order valence-corrected chi connectivity index (χ0v) is 11.0. The van der Waals surface area contributed by atoms with Crippen molar-refractivity contribution < 1.29 is 14.3 Å². The van der Waals surface area contributed by atoms with Crippen LogP contribution in [-0.4, -0.2) is 35.6 Å². The number of hydrogen-bond donors (Lipinski definition) is 2. The van der Waals surface area contributed by atoms with Crippen LogP contribution in [0.25, 0.3) is 0 Å². The van der Waals surface area contributed by atoms with Crippen molar-refractivity contribution >= 4 is 5.91 Å². The van der Waals surface area contributed by atoms with E-state index in [2.05, 4.69) is 0 Å². The standard InChI is InChI=1S/C14H19FN2O2/c1-17(7-9-4-12(18)5-9)8-11-6-10(14(16)19)2-3-13(11)15/h2-3,6,9,12,18H,4-5,7-8H2,1H3,(H2,16,19). The van der Waals surface area contributed by atoms with Gasteiger partial charge in [0.25, 0.3) is 0 Å². The average molecular weight is 266 g/mol. The highest BCUT2D eigenvalue weighted by atomic mass is 19.1. The Morgan fingerprint density at radius 1 is 1.53 bits per heavy atom. The van der Waals surface area contributed by atoms with E-state index in [4.69, 9.17) is 5.73 Å². The van der Waals surface area contributed by atoms with Gasteiger partial charge in [-0.3, -0.25) is 4.79 Å². The SMILES string of the molecule is CN(Cc1cc(C(N)=O)ccc1F)CC1CC(O)C1. The first-order chi connectivity index (χ1) is 8.95. The summed E-state index contributed by atoms with van der Waals surface area (Å²) in [7, 11) is 1.90. The number of carbonyl (C=O) groups excluding carboxylic acids is 1. The third kappa shape index (κ3) is 3.52. The summed E-state index contributed by atoms with van der Waals surface area (Å²) in [5.74, 6) is -0.404. The Labute approximate surface area is 112 Å². The van der Waals surface area contributed by atoms with E-state index in [0.717, 1.165) is 19.4 Å². The maximum atomic E-state index is 13.7. The van der Waals surface area contributed by atoms with Gasteiger partial charge in [0.1, 0.15) is 5.82 Å². The number of aliphatic hydroxyl groups is 1. The van der Waals surface area contributed by atoms with E-state index in [1.807, 2.05) is 11.9 Å². The van der Waals surface area contributed by atoms with Crippen LogP contribution in [-0.2, 0) is 6.54 Å². The largest absolute Gasteiger partial charge is 0.393 e. The summed E-state index contributed by atoms with van der Waals surface area (Å²) in [6, 6.07) is 4.17. The lowest BCUT2D eigenvalue weighted by molar-refractivity contribution is 0.0272. The van der Waals surface area contributed by atoms with Gasteiger partial charge in [-0.1, -0.05) is 0 Å². The second kappa shape index (κ2) is 5.67. The fourth-order valence-corrected chi connectivity index (χ4v) is 2.49. The quantitative estimate of drug-likeness (QED) is 0.839. The summed E-state index contributed by atoms with van der Waals surface area (Å²) >= 11 is 0. The minimum absolute atomic E-state index is 0.173. The number of nitrogens with two attached hydrogens (primary N) is 1. The van der Waals surface area contributed by atoms with Crippen LogP contribution >= 0.6 is 0 Å². The molecule has 0 bridgehead atoms. The molecule has 3 N–H and O–H groups in total. The molecule has 5 heteroatoms. The Kier molecular flexibility index (Phi) is 4.17. The number of rotatable bonds is 5. The highest BCUT2D eigenvalue weighted by molar-refractivity contribution is 5.92. The number of nitrogens with zero attached hydrogens (tertiary/aromatic N) is 1. The van der Waals surface area contributed by atoms with Crippen LogP contribution in [0.5, 0.6) is 0 Å². The zero-order chi connectivity index (χ0) is 14.0. The summed E-state index contributed by atoms with van der Waals surface area (Å²) in [6.45, 7) is 1.25. The van der Waals surface area contributed by atoms with Crippen LogP contribution in [0.1, 0.15) is 28.8 Å². The smallest absolute Gasteiger partial charge is 0.248 e. The number of carbonyl (C=O) groups is 1. The van der Waals surface area contributed by atoms with Crippen molar-refractivity contribution in [3.8, 4) is 0 Å². The molecule has 0 saturated heterocycles. The molecule has 4 nitrogen and oxygen atoms in total. The van der Waals surface area contributed by atoms with Crippen molar-refractivity contribution in [2.24, 2.45) is 11.7 Å². The van der Waals surface area contributed by atoms with E-state index in [-0.39, 0.29) is 11.9 Å². The van der Waals surface area contributed by atoms with E-state index in [0.29, 0.717) is 23.6 Å². The lowest BCUT2D eigenvalue weighted by atomic mass is 9.82. The molecule has 0 spiro atoms.